The van der Waals surface area contributed by atoms with Crippen LogP contribution in [-0.4, -0.2) is 10.9 Å². The van der Waals surface area contributed by atoms with E-state index in [0.29, 0.717) is 15.7 Å². The molecule has 0 aliphatic carbocycles. The smallest absolute Gasteiger partial charge is 0.255 e. The highest BCUT2D eigenvalue weighted by atomic mass is 35.5. The number of carbonyl (C=O) groups excluding carboxylic acids is 1. The molecule has 92 valence electrons. The van der Waals surface area contributed by atoms with Gasteiger partial charge in [0.1, 0.15) is 0 Å². The maximum Gasteiger partial charge on any atom is 0.255 e. The molecule has 0 unspecified atom stereocenters. The van der Waals surface area contributed by atoms with Crippen LogP contribution in [0.3, 0.4) is 0 Å². The lowest BCUT2D eigenvalue weighted by molar-refractivity contribution is 0.102. The third-order valence-corrected chi connectivity index (χ3v) is 2.55. The number of aromatic nitrogens is 1. The molecule has 1 heterocycles. The van der Waals surface area contributed by atoms with Crippen molar-refractivity contribution in [3.8, 4) is 0 Å². The van der Waals surface area contributed by atoms with Crippen molar-refractivity contribution >= 4 is 34.8 Å². The Bertz CT molecular complexity index is 584. The Hall–Kier alpha value is -1.65. The van der Waals surface area contributed by atoms with E-state index in [0.717, 1.165) is 6.07 Å². The summed E-state index contributed by atoms with van der Waals surface area (Å²) in [5, 5.41) is 3.37. The summed E-state index contributed by atoms with van der Waals surface area (Å²) in [5.41, 5.74) is 0.605. The molecule has 0 aliphatic heterocycles. The van der Waals surface area contributed by atoms with Gasteiger partial charge in [-0.15, -0.1) is 0 Å². The second kappa shape index (κ2) is 5.33. The maximum atomic E-state index is 12.9. The van der Waals surface area contributed by atoms with E-state index in [1.807, 2.05) is 0 Å². The van der Waals surface area contributed by atoms with Crippen molar-refractivity contribution in [2.24, 2.45) is 0 Å². The summed E-state index contributed by atoms with van der Waals surface area (Å²) in [5.74, 6) is -1.18. The summed E-state index contributed by atoms with van der Waals surface area (Å²) in [4.78, 5) is 15.2. The van der Waals surface area contributed by atoms with Crippen LogP contribution in [0.25, 0.3) is 0 Å². The van der Waals surface area contributed by atoms with Gasteiger partial charge in [-0.25, -0.2) is 4.98 Å². The van der Waals surface area contributed by atoms with E-state index < -0.39 is 11.9 Å². The number of rotatable bonds is 2. The number of hydrogen-bond acceptors (Lipinski definition) is 2. The molecular weight excluding hydrogens is 278 g/mol. The molecule has 2 aromatic rings. The molecule has 0 aliphatic rings. The van der Waals surface area contributed by atoms with Crippen LogP contribution < -0.4 is 5.32 Å². The standard InChI is InChI=1S/C12H7Cl2FN2O/c13-8-4-9(14)6-10(5-8)17-12(18)7-1-2-16-11(15)3-7/h1-6H,(H,17,18). The monoisotopic (exact) mass is 284 g/mol. The van der Waals surface area contributed by atoms with Crippen LogP contribution in [0.1, 0.15) is 10.4 Å². The van der Waals surface area contributed by atoms with Crippen LogP contribution in [0.15, 0.2) is 36.5 Å². The lowest BCUT2D eigenvalue weighted by Gasteiger charge is -2.06. The minimum atomic E-state index is -0.716. The van der Waals surface area contributed by atoms with Gasteiger partial charge in [-0.2, -0.15) is 4.39 Å². The Morgan fingerprint density at radius 3 is 2.44 bits per heavy atom. The molecule has 1 aromatic carbocycles. The summed E-state index contributed by atoms with van der Waals surface area (Å²) in [6.07, 6.45) is 1.22. The van der Waals surface area contributed by atoms with Gasteiger partial charge in [0.05, 0.1) is 0 Å². The Morgan fingerprint density at radius 2 is 1.83 bits per heavy atom. The number of halogens is 3. The van der Waals surface area contributed by atoms with Crippen LogP contribution in [0.4, 0.5) is 10.1 Å². The largest absolute Gasteiger partial charge is 0.322 e. The van der Waals surface area contributed by atoms with Gasteiger partial charge in [-0.1, -0.05) is 23.2 Å². The van der Waals surface area contributed by atoms with Crippen LogP contribution in [0.2, 0.25) is 10.0 Å². The topological polar surface area (TPSA) is 42.0 Å². The molecule has 0 bridgehead atoms. The van der Waals surface area contributed by atoms with Gasteiger partial charge in [0.25, 0.3) is 5.91 Å². The van der Waals surface area contributed by atoms with E-state index in [9.17, 15) is 9.18 Å². The highest BCUT2D eigenvalue weighted by Crippen LogP contribution is 2.22. The lowest BCUT2D eigenvalue weighted by atomic mass is 10.2. The molecule has 0 spiro atoms. The van der Waals surface area contributed by atoms with Gasteiger partial charge in [0.2, 0.25) is 5.95 Å². The third-order valence-electron chi connectivity index (χ3n) is 2.11. The molecule has 0 fully saturated rings. The second-order valence-corrected chi connectivity index (χ2v) is 4.35. The number of hydrogen-bond donors (Lipinski definition) is 1. The van der Waals surface area contributed by atoms with Gasteiger partial charge in [-0.3, -0.25) is 4.79 Å². The zero-order chi connectivity index (χ0) is 13.1. The normalized spacial score (nSPS) is 10.2. The van der Waals surface area contributed by atoms with Crippen LogP contribution in [0, 0.1) is 5.95 Å². The molecule has 1 amide bonds. The van der Waals surface area contributed by atoms with Gasteiger partial charge < -0.3 is 5.32 Å². The number of anilines is 1. The summed E-state index contributed by atoms with van der Waals surface area (Å²) < 4.78 is 12.9. The number of amides is 1. The fraction of sp³-hybridized carbons (Fsp3) is 0. The molecule has 6 heteroatoms. The van der Waals surface area contributed by atoms with Gasteiger partial charge in [0, 0.05) is 33.6 Å². The predicted molar refractivity (Wildman–Crippen MR) is 68.6 cm³/mol. The zero-order valence-electron chi connectivity index (χ0n) is 8.95. The average Bonchev–Trinajstić information content (AvgIpc) is 2.27. The fourth-order valence-electron chi connectivity index (χ4n) is 1.37. The SMILES string of the molecule is O=C(Nc1cc(Cl)cc(Cl)c1)c1ccnc(F)c1. The molecule has 0 radical (unpaired) electrons. The molecular formula is C12H7Cl2FN2O. The molecule has 1 aromatic heterocycles. The number of pyridine rings is 1. The van der Waals surface area contributed by atoms with Crippen molar-refractivity contribution in [3.05, 3.63) is 58.1 Å². The van der Waals surface area contributed by atoms with E-state index >= 15 is 0 Å². The van der Waals surface area contributed by atoms with Crippen LogP contribution >= 0.6 is 23.2 Å². The molecule has 3 nitrogen and oxygen atoms in total. The Balaban J connectivity index is 2.21. The van der Waals surface area contributed by atoms with Gasteiger partial charge in [0.15, 0.2) is 0 Å². The van der Waals surface area contributed by atoms with Gasteiger partial charge in [-0.05, 0) is 24.3 Å². The number of benzene rings is 1. The summed E-state index contributed by atoms with van der Waals surface area (Å²) in [6.45, 7) is 0. The molecule has 0 saturated carbocycles. The first kappa shape index (κ1) is 12.8. The molecule has 18 heavy (non-hydrogen) atoms. The van der Waals surface area contributed by atoms with Crippen molar-refractivity contribution in [2.45, 2.75) is 0 Å². The zero-order valence-corrected chi connectivity index (χ0v) is 10.5. The number of carbonyl (C=O) groups is 1. The minimum absolute atomic E-state index is 0.165. The number of nitrogens with one attached hydrogen (secondary N) is 1. The van der Waals surface area contributed by atoms with Crippen molar-refractivity contribution in [3.63, 3.8) is 0 Å². The lowest BCUT2D eigenvalue weighted by Crippen LogP contribution is -2.12. The maximum absolute atomic E-state index is 12.9. The molecule has 1 N–H and O–H groups in total. The van der Waals surface area contributed by atoms with Crippen molar-refractivity contribution in [1.29, 1.82) is 0 Å². The first-order valence-electron chi connectivity index (χ1n) is 4.93. The molecule has 0 atom stereocenters. The fourth-order valence-corrected chi connectivity index (χ4v) is 1.90. The molecule has 2 rings (SSSR count). The second-order valence-electron chi connectivity index (χ2n) is 3.48. The number of nitrogens with zero attached hydrogens (tertiary/aromatic N) is 1. The summed E-state index contributed by atoms with van der Waals surface area (Å²) in [7, 11) is 0. The first-order chi connectivity index (χ1) is 8.54. The van der Waals surface area contributed by atoms with Crippen molar-refractivity contribution in [2.75, 3.05) is 5.32 Å². The van der Waals surface area contributed by atoms with Crippen molar-refractivity contribution in [1.82, 2.24) is 4.98 Å². The van der Waals surface area contributed by atoms with Gasteiger partial charge >= 0.3 is 0 Å². The van der Waals surface area contributed by atoms with Crippen LogP contribution in [0.5, 0.6) is 0 Å². The Labute approximate surface area is 113 Å². The van der Waals surface area contributed by atoms with E-state index in [-0.39, 0.29) is 5.56 Å². The van der Waals surface area contributed by atoms with E-state index in [1.165, 1.54) is 12.3 Å². The first-order valence-corrected chi connectivity index (χ1v) is 5.69. The van der Waals surface area contributed by atoms with E-state index in [4.69, 9.17) is 23.2 Å². The minimum Gasteiger partial charge on any atom is -0.322 e. The average molecular weight is 285 g/mol. The van der Waals surface area contributed by atoms with E-state index in [1.54, 1.807) is 18.2 Å². The summed E-state index contributed by atoms with van der Waals surface area (Å²) >= 11 is 11.6. The molecule has 0 saturated heterocycles. The Kier molecular flexibility index (Phi) is 3.79. The van der Waals surface area contributed by atoms with Crippen LogP contribution in [-0.2, 0) is 0 Å². The van der Waals surface area contributed by atoms with Crippen molar-refractivity contribution < 1.29 is 9.18 Å². The highest BCUT2D eigenvalue weighted by molar-refractivity contribution is 6.35. The third kappa shape index (κ3) is 3.18. The highest BCUT2D eigenvalue weighted by Gasteiger charge is 2.08. The summed E-state index contributed by atoms with van der Waals surface area (Å²) in [6, 6.07) is 7.09. The van der Waals surface area contributed by atoms with E-state index in [2.05, 4.69) is 10.3 Å². The quantitative estimate of drug-likeness (QED) is 0.853. The Morgan fingerprint density at radius 1 is 1.17 bits per heavy atom. The predicted octanol–water partition coefficient (Wildman–Crippen LogP) is 3.78.